The number of nitrogens with zero attached hydrogens (tertiary/aromatic N) is 2. The number of hydrogen-bond donors (Lipinski definition) is 4. The zero-order valence-electron chi connectivity index (χ0n) is 43.6. The van der Waals surface area contributed by atoms with Crippen molar-refractivity contribution in [2.75, 3.05) is 13.2 Å². The minimum atomic E-state index is -1.38. The predicted molar refractivity (Wildman–Crippen MR) is 268 cm³/mol. The Kier molecular flexibility index (Phi) is 17.2. The second-order valence-corrected chi connectivity index (χ2v) is 25.3. The Balaban J connectivity index is 0.746. The summed E-state index contributed by atoms with van der Waals surface area (Å²) in [5.74, 6) is 1.51. The number of unbranched alkanes of at least 4 members (excludes halogenated alkanes) is 15. The number of rotatable bonds is 22. The fraction of sp³-hybridized carbons (Fsp3) is 0.877. The van der Waals surface area contributed by atoms with E-state index in [0.29, 0.717) is 24.9 Å². The van der Waals surface area contributed by atoms with E-state index in [-0.39, 0.29) is 57.0 Å². The molecule has 1 saturated heterocycles. The molecule has 11 nitrogen and oxygen atoms in total. The number of fused-ring (bicyclic) bond motifs is 7. The van der Waals surface area contributed by atoms with Crippen molar-refractivity contribution in [3.8, 4) is 0 Å². The van der Waals surface area contributed by atoms with Gasteiger partial charge < -0.3 is 29.9 Å². The van der Waals surface area contributed by atoms with Crippen molar-refractivity contribution in [1.29, 1.82) is 0 Å². The van der Waals surface area contributed by atoms with Crippen LogP contribution in [-0.2, 0) is 20.8 Å². The molecule has 5 aliphatic carbocycles. The second kappa shape index (κ2) is 21.8. The molecule has 12 atom stereocenters. The Bertz CT molecular complexity index is 2010. The van der Waals surface area contributed by atoms with E-state index in [1.54, 1.807) is 5.57 Å². The Morgan fingerprint density at radius 3 is 1.91 bits per heavy atom. The van der Waals surface area contributed by atoms with Gasteiger partial charge in [-0.1, -0.05) is 150 Å². The lowest BCUT2D eigenvalue weighted by Crippen LogP contribution is -2.65. The molecule has 386 valence electrons. The normalized spacial score (nSPS) is 37.1. The summed E-state index contributed by atoms with van der Waals surface area (Å²) in [6.07, 6.45) is 28.1. The molecule has 5 fully saturated rings. The molecule has 0 spiro atoms. The average molecular weight is 951 g/mol. The summed E-state index contributed by atoms with van der Waals surface area (Å²) in [7, 11) is 0. The van der Waals surface area contributed by atoms with Gasteiger partial charge in [0.1, 0.15) is 18.3 Å². The summed E-state index contributed by atoms with van der Waals surface area (Å²) < 4.78 is 14.1. The molecule has 11 heteroatoms. The SMILES string of the molecule is CC1(C)CC[C@]2(C(=O)OCCCCCCCCCCCCCCCCCCn3c(=O)ccn([C@@H]4O[C@H](CO)[C@@H](O)[C@H]4O)c3=O)CC[C@]3(C)C(=CC[C@@H]4[C@@]5(C)CC[C@H](O)C(C)(C)C5CC[C@]43C)[C@@H]2C1. The minimum absolute atomic E-state index is 0.0512. The van der Waals surface area contributed by atoms with Crippen molar-refractivity contribution in [2.24, 2.45) is 50.2 Å². The molecule has 6 aliphatic rings. The Hall–Kier alpha value is -2.31. The highest BCUT2D eigenvalue weighted by Gasteiger charge is 2.69. The van der Waals surface area contributed by atoms with Crippen LogP contribution in [0, 0.1) is 50.2 Å². The van der Waals surface area contributed by atoms with Gasteiger partial charge in [-0.05, 0) is 122 Å². The zero-order valence-corrected chi connectivity index (χ0v) is 43.6. The number of aromatic nitrogens is 2. The smallest absolute Gasteiger partial charge is 0.333 e. The Labute approximate surface area is 409 Å². The van der Waals surface area contributed by atoms with E-state index in [9.17, 15) is 34.8 Å². The van der Waals surface area contributed by atoms with E-state index < -0.39 is 42.4 Å². The third-order valence-corrected chi connectivity index (χ3v) is 20.4. The number of hydrogen-bond acceptors (Lipinski definition) is 9. The van der Waals surface area contributed by atoms with Gasteiger partial charge in [0.2, 0.25) is 0 Å². The maximum Gasteiger partial charge on any atom is 0.333 e. The summed E-state index contributed by atoms with van der Waals surface area (Å²) in [6, 6.07) is 1.27. The molecular formula is C57H94N2O9. The standard InChI is InChI=1S/C57H94N2O9/c1-52(2)31-33-57(34-32-55(6)40(41(57)38-52)24-25-44-54(5)29-27-45(61)53(3,4)43(54)26-30-56(44,55)7)50(65)67-37-23-21-19-17-15-13-11-9-8-10-12-14-16-18-20-22-35-58-46(62)28-36-59(51(58)66)49-48(64)47(63)42(39-60)68-49/h24,28,36,41-45,47-49,60-61,63-64H,8-23,25-27,29-35,37-39H2,1-7H3/t41-,42+,43?,44+,45-,47+,48+,49+,54-,55+,56+,57-/m0/s1. The fourth-order valence-electron chi connectivity index (χ4n) is 15.8. The third kappa shape index (κ3) is 10.3. The third-order valence-electron chi connectivity index (χ3n) is 20.4. The molecule has 1 aromatic rings. The van der Waals surface area contributed by atoms with Gasteiger partial charge in [0.25, 0.3) is 5.56 Å². The lowest BCUT2D eigenvalue weighted by molar-refractivity contribution is -0.206. The van der Waals surface area contributed by atoms with Crippen molar-refractivity contribution < 1.29 is 34.7 Å². The molecule has 4 saturated carbocycles. The van der Waals surface area contributed by atoms with Crippen LogP contribution in [0.1, 0.15) is 222 Å². The van der Waals surface area contributed by atoms with Crippen LogP contribution >= 0.6 is 0 Å². The van der Waals surface area contributed by atoms with Crippen LogP contribution in [0.5, 0.6) is 0 Å². The van der Waals surface area contributed by atoms with Crippen LogP contribution in [0.25, 0.3) is 0 Å². The monoisotopic (exact) mass is 951 g/mol. The van der Waals surface area contributed by atoms with Gasteiger partial charge in [-0.25, -0.2) is 4.79 Å². The molecule has 2 heterocycles. The van der Waals surface area contributed by atoms with E-state index in [2.05, 4.69) is 54.5 Å². The second-order valence-electron chi connectivity index (χ2n) is 25.3. The first kappa shape index (κ1) is 53.5. The highest BCUT2D eigenvalue weighted by Crippen LogP contribution is 2.76. The van der Waals surface area contributed by atoms with Gasteiger partial charge in [0, 0.05) is 18.8 Å². The molecule has 1 unspecified atom stereocenters. The van der Waals surface area contributed by atoms with Crippen LogP contribution in [0.4, 0.5) is 0 Å². The highest BCUT2D eigenvalue weighted by molar-refractivity contribution is 5.78. The van der Waals surface area contributed by atoms with E-state index in [1.807, 2.05) is 0 Å². The van der Waals surface area contributed by atoms with Crippen LogP contribution in [-0.4, -0.2) is 73.2 Å². The Morgan fingerprint density at radius 2 is 1.31 bits per heavy atom. The molecule has 0 aromatic carbocycles. The van der Waals surface area contributed by atoms with E-state index in [4.69, 9.17) is 9.47 Å². The molecule has 7 rings (SSSR count). The summed E-state index contributed by atoms with van der Waals surface area (Å²) in [5.41, 5.74) is 0.899. The maximum absolute atomic E-state index is 14.4. The quantitative estimate of drug-likeness (QED) is 0.0504. The van der Waals surface area contributed by atoms with Crippen molar-refractivity contribution in [1.82, 2.24) is 9.13 Å². The number of carbonyl (C=O) groups excluding carboxylic acids is 1. The van der Waals surface area contributed by atoms with E-state index in [1.165, 1.54) is 89.3 Å². The molecule has 0 amide bonds. The molecule has 1 aliphatic heterocycles. The highest BCUT2D eigenvalue weighted by atomic mass is 16.6. The van der Waals surface area contributed by atoms with Gasteiger partial charge in [-0.3, -0.25) is 18.7 Å². The van der Waals surface area contributed by atoms with Gasteiger partial charge in [0.15, 0.2) is 6.23 Å². The lowest BCUT2D eigenvalue weighted by atomic mass is 9.33. The molecular weight excluding hydrogens is 857 g/mol. The molecule has 4 N–H and O–H groups in total. The van der Waals surface area contributed by atoms with Crippen molar-refractivity contribution >= 4 is 5.97 Å². The van der Waals surface area contributed by atoms with Crippen LogP contribution in [0.3, 0.4) is 0 Å². The first-order chi connectivity index (χ1) is 32.3. The van der Waals surface area contributed by atoms with Gasteiger partial charge in [-0.15, -0.1) is 0 Å². The largest absolute Gasteiger partial charge is 0.465 e. The molecule has 0 radical (unpaired) electrons. The number of aliphatic hydroxyl groups excluding tert-OH is 4. The summed E-state index contributed by atoms with van der Waals surface area (Å²) in [6.45, 7) is 17.7. The van der Waals surface area contributed by atoms with Crippen LogP contribution < -0.4 is 11.2 Å². The van der Waals surface area contributed by atoms with Crippen LogP contribution in [0.2, 0.25) is 0 Å². The maximum atomic E-state index is 14.4. The first-order valence-corrected chi connectivity index (χ1v) is 27.8. The van der Waals surface area contributed by atoms with Gasteiger partial charge in [-0.2, -0.15) is 0 Å². The molecule has 68 heavy (non-hydrogen) atoms. The van der Waals surface area contributed by atoms with Gasteiger partial charge in [0.05, 0.1) is 24.7 Å². The number of aliphatic hydroxyl groups is 4. The predicted octanol–water partition coefficient (Wildman–Crippen LogP) is 10.6. The molecule has 1 aromatic heterocycles. The topological polar surface area (TPSA) is 160 Å². The van der Waals surface area contributed by atoms with Gasteiger partial charge >= 0.3 is 11.7 Å². The minimum Gasteiger partial charge on any atom is -0.465 e. The average Bonchev–Trinajstić information content (AvgIpc) is 3.58. The van der Waals surface area contributed by atoms with E-state index in [0.717, 1.165) is 92.6 Å². The summed E-state index contributed by atoms with van der Waals surface area (Å²) in [4.78, 5) is 39.9. The van der Waals surface area contributed by atoms with Crippen LogP contribution in [0.15, 0.2) is 33.5 Å². The van der Waals surface area contributed by atoms with Crippen molar-refractivity contribution in [2.45, 2.75) is 253 Å². The number of esters is 1. The Morgan fingerprint density at radius 1 is 0.721 bits per heavy atom. The zero-order chi connectivity index (χ0) is 49.1. The fourth-order valence-corrected chi connectivity index (χ4v) is 15.8. The van der Waals surface area contributed by atoms with E-state index >= 15 is 0 Å². The number of allylic oxidation sites excluding steroid dienone is 2. The molecule has 0 bridgehead atoms. The lowest BCUT2D eigenvalue weighted by Gasteiger charge is -2.71. The van der Waals surface area contributed by atoms with Crippen molar-refractivity contribution in [3.05, 3.63) is 44.8 Å². The number of ether oxygens (including phenoxy) is 2. The summed E-state index contributed by atoms with van der Waals surface area (Å²) in [5, 5.41) is 40.9. The summed E-state index contributed by atoms with van der Waals surface area (Å²) >= 11 is 0. The van der Waals surface area contributed by atoms with Crippen molar-refractivity contribution in [3.63, 3.8) is 0 Å². The first-order valence-electron chi connectivity index (χ1n) is 27.8. The number of carbonyl (C=O) groups is 1.